The minimum Gasteiger partial charge on any atom is -0.493 e. The van der Waals surface area contributed by atoms with Crippen molar-refractivity contribution in [1.29, 1.82) is 0 Å². The maximum atomic E-state index is 13.1. The average molecular weight is 181 g/mol. The molecule has 13 heavy (non-hydrogen) atoms. The van der Waals surface area contributed by atoms with Crippen LogP contribution in [0.3, 0.4) is 0 Å². The van der Waals surface area contributed by atoms with Crippen molar-refractivity contribution in [3.8, 4) is 5.75 Å². The molecule has 1 atom stereocenters. The van der Waals surface area contributed by atoms with Crippen LogP contribution in [0.5, 0.6) is 5.75 Å². The van der Waals surface area contributed by atoms with Gasteiger partial charge in [-0.15, -0.1) is 0 Å². The van der Waals surface area contributed by atoms with Crippen LogP contribution in [-0.4, -0.2) is 6.61 Å². The zero-order valence-corrected chi connectivity index (χ0v) is 7.51. The molecule has 0 fully saturated rings. The Bertz CT molecular complexity index is 338. The summed E-state index contributed by atoms with van der Waals surface area (Å²) in [4.78, 5) is 0. The molecule has 1 aliphatic heterocycles. The summed E-state index contributed by atoms with van der Waals surface area (Å²) in [5.74, 6) is 0.409. The number of rotatable bonds is 0. The van der Waals surface area contributed by atoms with Crippen LogP contribution < -0.4 is 10.5 Å². The van der Waals surface area contributed by atoms with Crippen molar-refractivity contribution in [2.24, 2.45) is 5.73 Å². The van der Waals surface area contributed by atoms with Gasteiger partial charge in [-0.1, -0.05) is 6.07 Å². The second-order valence-corrected chi connectivity index (χ2v) is 3.33. The van der Waals surface area contributed by atoms with Crippen molar-refractivity contribution < 1.29 is 9.13 Å². The molecule has 0 amide bonds. The molecule has 3 heteroatoms. The van der Waals surface area contributed by atoms with Gasteiger partial charge in [0, 0.05) is 23.6 Å². The van der Waals surface area contributed by atoms with E-state index in [1.54, 1.807) is 13.0 Å². The van der Waals surface area contributed by atoms with E-state index >= 15 is 0 Å². The minimum atomic E-state index is -0.229. The number of halogens is 1. The summed E-state index contributed by atoms with van der Waals surface area (Å²) in [6.07, 6.45) is 0.804. The molecule has 1 unspecified atom stereocenters. The number of benzene rings is 1. The first-order valence-electron chi connectivity index (χ1n) is 4.37. The molecule has 0 bridgehead atoms. The number of fused-ring (bicyclic) bond motifs is 1. The second-order valence-electron chi connectivity index (χ2n) is 3.33. The summed E-state index contributed by atoms with van der Waals surface area (Å²) in [7, 11) is 0. The maximum Gasteiger partial charge on any atom is 0.129 e. The highest BCUT2D eigenvalue weighted by molar-refractivity contribution is 5.44. The fourth-order valence-electron chi connectivity index (χ4n) is 1.62. The quantitative estimate of drug-likeness (QED) is 0.663. The Morgan fingerprint density at radius 2 is 2.31 bits per heavy atom. The molecule has 1 heterocycles. The number of hydrogen-bond donors (Lipinski definition) is 1. The SMILES string of the molecule is Cc1c(F)ccc2c1OCCC2N. The molecular formula is C10H12FNO. The van der Waals surface area contributed by atoms with Gasteiger partial charge in [-0.25, -0.2) is 4.39 Å². The lowest BCUT2D eigenvalue weighted by molar-refractivity contribution is 0.265. The van der Waals surface area contributed by atoms with Crippen LogP contribution in [0.25, 0.3) is 0 Å². The number of nitrogens with two attached hydrogens (primary N) is 1. The minimum absolute atomic E-state index is 0.0111. The molecule has 1 aliphatic rings. The molecule has 0 aromatic heterocycles. The Labute approximate surface area is 76.5 Å². The summed E-state index contributed by atoms with van der Waals surface area (Å²) < 4.78 is 18.5. The van der Waals surface area contributed by atoms with Crippen molar-refractivity contribution >= 4 is 0 Å². The lowest BCUT2D eigenvalue weighted by atomic mass is 9.99. The van der Waals surface area contributed by atoms with E-state index in [0.29, 0.717) is 17.9 Å². The highest BCUT2D eigenvalue weighted by Crippen LogP contribution is 2.34. The van der Waals surface area contributed by atoms with Crippen LogP contribution in [0.2, 0.25) is 0 Å². The molecule has 1 aromatic carbocycles. The Balaban J connectivity index is 2.56. The van der Waals surface area contributed by atoms with Gasteiger partial charge in [0.25, 0.3) is 0 Å². The molecule has 2 nitrogen and oxygen atoms in total. The van der Waals surface area contributed by atoms with Crippen LogP contribution in [0, 0.1) is 12.7 Å². The van der Waals surface area contributed by atoms with Gasteiger partial charge >= 0.3 is 0 Å². The summed E-state index contributed by atoms with van der Waals surface area (Å²) in [5.41, 5.74) is 7.35. The van der Waals surface area contributed by atoms with E-state index in [1.807, 2.05) is 0 Å². The van der Waals surface area contributed by atoms with E-state index in [0.717, 1.165) is 12.0 Å². The Morgan fingerprint density at radius 1 is 1.54 bits per heavy atom. The Hall–Kier alpha value is -1.09. The Kier molecular flexibility index (Phi) is 1.96. The highest BCUT2D eigenvalue weighted by atomic mass is 19.1. The lowest BCUT2D eigenvalue weighted by Gasteiger charge is -2.24. The lowest BCUT2D eigenvalue weighted by Crippen LogP contribution is -2.21. The molecule has 2 rings (SSSR count). The van der Waals surface area contributed by atoms with Crippen LogP contribution in [0.1, 0.15) is 23.6 Å². The van der Waals surface area contributed by atoms with Crippen molar-refractivity contribution in [3.63, 3.8) is 0 Å². The first kappa shape index (κ1) is 8.51. The molecule has 0 spiro atoms. The van der Waals surface area contributed by atoms with Crippen molar-refractivity contribution in [2.45, 2.75) is 19.4 Å². The normalized spacial score (nSPS) is 20.7. The van der Waals surface area contributed by atoms with Gasteiger partial charge in [0.2, 0.25) is 0 Å². The molecule has 0 aliphatic carbocycles. The largest absolute Gasteiger partial charge is 0.493 e. The van der Waals surface area contributed by atoms with E-state index in [-0.39, 0.29) is 11.9 Å². The standard InChI is InChI=1S/C10H12FNO/c1-6-8(11)3-2-7-9(12)4-5-13-10(6)7/h2-3,9H,4-5,12H2,1H3. The van der Waals surface area contributed by atoms with Crippen molar-refractivity contribution in [1.82, 2.24) is 0 Å². The van der Waals surface area contributed by atoms with E-state index in [1.165, 1.54) is 6.07 Å². The summed E-state index contributed by atoms with van der Waals surface area (Å²) >= 11 is 0. The molecule has 70 valence electrons. The third-order valence-corrected chi connectivity index (χ3v) is 2.44. The summed E-state index contributed by atoms with van der Waals surface area (Å²) in [6, 6.07) is 3.15. The van der Waals surface area contributed by atoms with Crippen molar-refractivity contribution in [3.05, 3.63) is 29.1 Å². The average Bonchev–Trinajstić information content (AvgIpc) is 2.12. The molecule has 0 saturated carbocycles. The third kappa shape index (κ3) is 1.29. The summed E-state index contributed by atoms with van der Waals surface area (Å²) in [6.45, 7) is 2.30. The monoisotopic (exact) mass is 181 g/mol. The fraction of sp³-hybridized carbons (Fsp3) is 0.400. The first-order valence-corrected chi connectivity index (χ1v) is 4.37. The van der Waals surface area contributed by atoms with Gasteiger partial charge < -0.3 is 10.5 Å². The van der Waals surface area contributed by atoms with Crippen LogP contribution in [0.4, 0.5) is 4.39 Å². The smallest absolute Gasteiger partial charge is 0.129 e. The van der Waals surface area contributed by atoms with E-state index in [2.05, 4.69) is 0 Å². The van der Waals surface area contributed by atoms with E-state index < -0.39 is 0 Å². The van der Waals surface area contributed by atoms with Gasteiger partial charge in [0.05, 0.1) is 6.61 Å². The second kappa shape index (κ2) is 3.00. The first-order chi connectivity index (χ1) is 6.20. The predicted molar refractivity (Wildman–Crippen MR) is 48.2 cm³/mol. The molecular weight excluding hydrogens is 169 g/mol. The van der Waals surface area contributed by atoms with Crippen molar-refractivity contribution in [2.75, 3.05) is 6.61 Å². The summed E-state index contributed by atoms with van der Waals surface area (Å²) in [5, 5.41) is 0. The maximum absolute atomic E-state index is 13.1. The van der Waals surface area contributed by atoms with E-state index in [4.69, 9.17) is 10.5 Å². The fourth-order valence-corrected chi connectivity index (χ4v) is 1.62. The number of hydrogen-bond acceptors (Lipinski definition) is 2. The van der Waals surface area contributed by atoms with Crippen LogP contribution >= 0.6 is 0 Å². The number of ether oxygens (including phenoxy) is 1. The Morgan fingerprint density at radius 3 is 3.08 bits per heavy atom. The zero-order chi connectivity index (χ0) is 9.42. The molecule has 0 radical (unpaired) electrons. The highest BCUT2D eigenvalue weighted by Gasteiger charge is 2.20. The van der Waals surface area contributed by atoms with Gasteiger partial charge in [-0.05, 0) is 13.0 Å². The van der Waals surface area contributed by atoms with Gasteiger partial charge in [-0.2, -0.15) is 0 Å². The third-order valence-electron chi connectivity index (χ3n) is 2.44. The van der Waals surface area contributed by atoms with E-state index in [9.17, 15) is 4.39 Å². The topological polar surface area (TPSA) is 35.2 Å². The zero-order valence-electron chi connectivity index (χ0n) is 7.51. The van der Waals surface area contributed by atoms with Gasteiger partial charge in [-0.3, -0.25) is 0 Å². The predicted octanol–water partition coefficient (Wildman–Crippen LogP) is 1.92. The van der Waals surface area contributed by atoms with Crippen LogP contribution in [-0.2, 0) is 0 Å². The van der Waals surface area contributed by atoms with Gasteiger partial charge in [0.1, 0.15) is 11.6 Å². The van der Waals surface area contributed by atoms with Gasteiger partial charge in [0.15, 0.2) is 0 Å². The van der Waals surface area contributed by atoms with Crippen LogP contribution in [0.15, 0.2) is 12.1 Å². The molecule has 0 saturated heterocycles. The molecule has 1 aromatic rings. The molecule has 2 N–H and O–H groups in total.